The SMILES string of the molecule is COCCCOC(=O)CON. The summed E-state index contributed by atoms with van der Waals surface area (Å²) in [5.74, 6) is 4.18. The van der Waals surface area contributed by atoms with Gasteiger partial charge in [0, 0.05) is 20.1 Å². The topological polar surface area (TPSA) is 70.8 Å². The molecule has 5 nitrogen and oxygen atoms in total. The van der Waals surface area contributed by atoms with Crippen molar-refractivity contribution in [3.8, 4) is 0 Å². The van der Waals surface area contributed by atoms with Gasteiger partial charge in [0.05, 0.1) is 6.61 Å². The number of hydrogen-bond acceptors (Lipinski definition) is 5. The lowest BCUT2D eigenvalue weighted by atomic mass is 10.5. The van der Waals surface area contributed by atoms with E-state index in [0.717, 1.165) is 0 Å². The van der Waals surface area contributed by atoms with Gasteiger partial charge < -0.3 is 9.47 Å². The number of esters is 1. The van der Waals surface area contributed by atoms with Gasteiger partial charge >= 0.3 is 5.97 Å². The summed E-state index contributed by atoms with van der Waals surface area (Å²) in [6.45, 7) is 0.722. The van der Waals surface area contributed by atoms with Crippen molar-refractivity contribution in [2.45, 2.75) is 6.42 Å². The summed E-state index contributed by atoms with van der Waals surface area (Å²) in [4.78, 5) is 14.6. The third kappa shape index (κ3) is 7.24. The Labute approximate surface area is 65.4 Å². The fourth-order valence-electron chi connectivity index (χ4n) is 0.499. The minimum absolute atomic E-state index is 0.201. The Hall–Kier alpha value is -0.650. The molecule has 0 rings (SSSR count). The second kappa shape index (κ2) is 7.46. The van der Waals surface area contributed by atoms with Crippen molar-refractivity contribution in [1.82, 2.24) is 0 Å². The van der Waals surface area contributed by atoms with Crippen LogP contribution in [-0.2, 0) is 19.1 Å². The molecule has 5 heteroatoms. The van der Waals surface area contributed by atoms with Gasteiger partial charge in [0.2, 0.25) is 0 Å². The first-order valence-corrected chi connectivity index (χ1v) is 3.27. The van der Waals surface area contributed by atoms with E-state index in [0.29, 0.717) is 19.6 Å². The molecule has 0 aromatic heterocycles. The van der Waals surface area contributed by atoms with Crippen LogP contribution in [0.3, 0.4) is 0 Å². The Kier molecular flexibility index (Phi) is 7.02. The standard InChI is InChI=1S/C6H13NO4/c1-9-3-2-4-10-6(8)5-11-7/h2-5,7H2,1H3. The molecule has 0 aromatic carbocycles. The fraction of sp³-hybridized carbons (Fsp3) is 0.833. The number of ether oxygens (including phenoxy) is 2. The maximum Gasteiger partial charge on any atom is 0.334 e. The van der Waals surface area contributed by atoms with Crippen molar-refractivity contribution >= 4 is 5.97 Å². The monoisotopic (exact) mass is 163 g/mol. The predicted molar refractivity (Wildman–Crippen MR) is 37.6 cm³/mol. The van der Waals surface area contributed by atoms with Crippen LogP contribution in [0.25, 0.3) is 0 Å². The molecule has 0 fully saturated rings. The van der Waals surface area contributed by atoms with Crippen molar-refractivity contribution in [3.05, 3.63) is 0 Å². The molecule has 2 N–H and O–H groups in total. The Balaban J connectivity index is 3.04. The van der Waals surface area contributed by atoms with Crippen LogP contribution in [0.2, 0.25) is 0 Å². The Morgan fingerprint density at radius 2 is 2.18 bits per heavy atom. The first-order valence-electron chi connectivity index (χ1n) is 3.27. The maximum absolute atomic E-state index is 10.5. The number of nitrogens with two attached hydrogens (primary N) is 1. The summed E-state index contributed by atoms with van der Waals surface area (Å²) in [5.41, 5.74) is 0. The molecule has 0 unspecified atom stereocenters. The van der Waals surface area contributed by atoms with E-state index in [1.54, 1.807) is 7.11 Å². The summed E-state index contributed by atoms with van der Waals surface area (Å²) >= 11 is 0. The summed E-state index contributed by atoms with van der Waals surface area (Å²) in [6.07, 6.45) is 0.687. The van der Waals surface area contributed by atoms with E-state index in [-0.39, 0.29) is 6.61 Å². The van der Waals surface area contributed by atoms with E-state index in [1.807, 2.05) is 0 Å². The second-order valence-electron chi connectivity index (χ2n) is 1.88. The Morgan fingerprint density at radius 3 is 2.73 bits per heavy atom. The zero-order valence-electron chi connectivity index (χ0n) is 6.54. The molecular formula is C6H13NO4. The Morgan fingerprint density at radius 1 is 1.45 bits per heavy atom. The van der Waals surface area contributed by atoms with Gasteiger partial charge in [-0.15, -0.1) is 0 Å². The summed E-state index contributed by atoms with van der Waals surface area (Å²) in [7, 11) is 1.59. The number of methoxy groups -OCH3 is 1. The van der Waals surface area contributed by atoms with Crippen molar-refractivity contribution < 1.29 is 19.1 Å². The van der Waals surface area contributed by atoms with E-state index >= 15 is 0 Å². The first kappa shape index (κ1) is 10.3. The summed E-state index contributed by atoms with van der Waals surface area (Å²) < 4.78 is 9.40. The van der Waals surface area contributed by atoms with Gasteiger partial charge in [-0.2, -0.15) is 0 Å². The lowest BCUT2D eigenvalue weighted by Gasteiger charge is -2.02. The van der Waals surface area contributed by atoms with Crippen LogP contribution in [0.1, 0.15) is 6.42 Å². The largest absolute Gasteiger partial charge is 0.464 e. The van der Waals surface area contributed by atoms with Crippen LogP contribution >= 0.6 is 0 Å². The highest BCUT2D eigenvalue weighted by Crippen LogP contribution is 1.84. The Bertz CT molecular complexity index is 107. The minimum Gasteiger partial charge on any atom is -0.464 e. The van der Waals surface area contributed by atoms with Gasteiger partial charge in [-0.25, -0.2) is 10.7 Å². The lowest BCUT2D eigenvalue weighted by Crippen LogP contribution is -2.16. The molecule has 0 aliphatic rings. The second-order valence-corrected chi connectivity index (χ2v) is 1.88. The van der Waals surface area contributed by atoms with E-state index in [4.69, 9.17) is 4.74 Å². The number of rotatable bonds is 6. The number of carbonyl (C=O) groups is 1. The van der Waals surface area contributed by atoms with Gasteiger partial charge in [-0.05, 0) is 0 Å². The minimum atomic E-state index is -0.455. The molecule has 0 aliphatic carbocycles. The van der Waals surface area contributed by atoms with Gasteiger partial charge in [-0.1, -0.05) is 0 Å². The third-order valence-electron chi connectivity index (χ3n) is 0.957. The highest BCUT2D eigenvalue weighted by Gasteiger charge is 1.99. The van der Waals surface area contributed by atoms with E-state index in [9.17, 15) is 4.79 Å². The maximum atomic E-state index is 10.5. The summed E-state index contributed by atoms with van der Waals surface area (Å²) in [5, 5.41) is 0. The van der Waals surface area contributed by atoms with Gasteiger partial charge in [0.1, 0.15) is 0 Å². The molecule has 0 bridgehead atoms. The highest BCUT2D eigenvalue weighted by molar-refractivity contribution is 5.70. The van der Waals surface area contributed by atoms with Crippen molar-refractivity contribution in [2.24, 2.45) is 5.90 Å². The van der Waals surface area contributed by atoms with E-state index in [1.165, 1.54) is 0 Å². The van der Waals surface area contributed by atoms with Crippen molar-refractivity contribution in [3.63, 3.8) is 0 Å². The zero-order valence-corrected chi connectivity index (χ0v) is 6.54. The molecule has 0 aromatic rings. The number of carbonyl (C=O) groups excluding carboxylic acids is 1. The smallest absolute Gasteiger partial charge is 0.334 e. The van der Waals surface area contributed by atoms with E-state index < -0.39 is 5.97 Å². The van der Waals surface area contributed by atoms with Crippen LogP contribution in [-0.4, -0.2) is 32.9 Å². The normalized spacial score (nSPS) is 9.64. The van der Waals surface area contributed by atoms with Crippen LogP contribution in [0.4, 0.5) is 0 Å². The highest BCUT2D eigenvalue weighted by atomic mass is 16.6. The molecule has 0 saturated heterocycles. The van der Waals surface area contributed by atoms with Gasteiger partial charge in [0.15, 0.2) is 6.61 Å². The van der Waals surface area contributed by atoms with E-state index in [2.05, 4.69) is 15.5 Å². The zero-order chi connectivity index (χ0) is 8.53. The van der Waals surface area contributed by atoms with Gasteiger partial charge in [-0.3, -0.25) is 4.84 Å². The molecule has 0 radical (unpaired) electrons. The third-order valence-corrected chi connectivity index (χ3v) is 0.957. The van der Waals surface area contributed by atoms with Gasteiger partial charge in [0.25, 0.3) is 0 Å². The molecule has 0 amide bonds. The van der Waals surface area contributed by atoms with Crippen LogP contribution < -0.4 is 5.90 Å². The molecule has 0 aliphatic heterocycles. The molecule has 0 saturated carbocycles. The first-order chi connectivity index (χ1) is 5.31. The average Bonchev–Trinajstić information content (AvgIpc) is 1.99. The summed E-state index contributed by atoms with van der Waals surface area (Å²) in [6, 6.07) is 0. The molecule has 0 atom stereocenters. The molecule has 11 heavy (non-hydrogen) atoms. The van der Waals surface area contributed by atoms with Crippen LogP contribution in [0.15, 0.2) is 0 Å². The van der Waals surface area contributed by atoms with Crippen LogP contribution in [0.5, 0.6) is 0 Å². The predicted octanol–water partition coefficient (Wildman–Crippen LogP) is -0.544. The van der Waals surface area contributed by atoms with Crippen molar-refractivity contribution in [1.29, 1.82) is 0 Å². The van der Waals surface area contributed by atoms with Crippen molar-refractivity contribution in [2.75, 3.05) is 26.9 Å². The van der Waals surface area contributed by atoms with Crippen LogP contribution in [0, 0.1) is 0 Å². The average molecular weight is 163 g/mol. The number of hydrogen-bond donors (Lipinski definition) is 1. The quantitative estimate of drug-likeness (QED) is 0.323. The molecule has 66 valence electrons. The molecule has 0 spiro atoms. The molecule has 0 heterocycles. The fourth-order valence-corrected chi connectivity index (χ4v) is 0.499. The lowest BCUT2D eigenvalue weighted by molar-refractivity contribution is -0.149. The molecular weight excluding hydrogens is 150 g/mol.